The molecule has 0 aliphatic carbocycles. The van der Waals surface area contributed by atoms with Gasteiger partial charge in [0.25, 0.3) is 0 Å². The van der Waals surface area contributed by atoms with Gasteiger partial charge >= 0.3 is 0 Å². The van der Waals surface area contributed by atoms with Gasteiger partial charge in [-0.2, -0.15) is 0 Å². The van der Waals surface area contributed by atoms with Gasteiger partial charge in [-0.1, -0.05) is 12.1 Å². The molecule has 1 aromatic carbocycles. The van der Waals surface area contributed by atoms with Crippen LogP contribution in [-0.2, 0) is 13.0 Å². The highest BCUT2D eigenvalue weighted by Gasteiger charge is 2.09. The van der Waals surface area contributed by atoms with Gasteiger partial charge in [-0.25, -0.2) is 4.98 Å². The molecule has 0 fully saturated rings. The molecule has 0 aliphatic heterocycles. The molecule has 2 N–H and O–H groups in total. The van der Waals surface area contributed by atoms with Gasteiger partial charge in [-0.3, -0.25) is 0 Å². The molecule has 4 nitrogen and oxygen atoms in total. The lowest BCUT2D eigenvalue weighted by molar-refractivity contribution is 0.386. The molecule has 1 heterocycles. The minimum Gasteiger partial charge on any atom is -0.330 e. The lowest BCUT2D eigenvalue weighted by Crippen LogP contribution is -2.16. The van der Waals surface area contributed by atoms with Crippen molar-refractivity contribution in [1.82, 2.24) is 14.5 Å². The van der Waals surface area contributed by atoms with Gasteiger partial charge in [0.1, 0.15) is 5.82 Å². The van der Waals surface area contributed by atoms with Crippen molar-refractivity contribution in [2.24, 2.45) is 5.73 Å². The molecule has 1 aromatic heterocycles. The number of fused-ring (bicyclic) bond motifs is 1. The van der Waals surface area contributed by atoms with Crippen molar-refractivity contribution < 1.29 is 0 Å². The minimum atomic E-state index is 0.723. The Morgan fingerprint density at radius 1 is 1.21 bits per heavy atom. The summed E-state index contributed by atoms with van der Waals surface area (Å²) in [5.41, 5.74) is 7.96. The Morgan fingerprint density at radius 3 is 2.74 bits per heavy atom. The minimum absolute atomic E-state index is 0.723. The normalized spacial score (nSPS) is 11.6. The number of para-hydroxylation sites is 2. The second-order valence-corrected chi connectivity index (χ2v) is 5.22. The molecule has 0 aliphatic rings. The molecule has 0 radical (unpaired) electrons. The van der Waals surface area contributed by atoms with Crippen molar-refractivity contribution in [1.29, 1.82) is 0 Å². The maximum Gasteiger partial charge on any atom is 0.109 e. The summed E-state index contributed by atoms with van der Waals surface area (Å²) >= 11 is 0. The number of aryl methyl sites for hydroxylation is 2. The predicted octanol–water partition coefficient (Wildman–Crippen LogP) is 1.88. The van der Waals surface area contributed by atoms with Crippen LogP contribution in [0.5, 0.6) is 0 Å². The van der Waals surface area contributed by atoms with E-state index in [2.05, 4.69) is 41.8 Å². The van der Waals surface area contributed by atoms with Gasteiger partial charge in [0.2, 0.25) is 0 Å². The van der Waals surface area contributed by atoms with E-state index in [-0.39, 0.29) is 0 Å². The van der Waals surface area contributed by atoms with Gasteiger partial charge in [0, 0.05) is 13.0 Å². The lowest BCUT2D eigenvalue weighted by Gasteiger charge is -2.12. The third kappa shape index (κ3) is 3.55. The number of rotatable bonds is 7. The average molecular weight is 260 g/mol. The van der Waals surface area contributed by atoms with Crippen molar-refractivity contribution in [3.8, 4) is 0 Å². The summed E-state index contributed by atoms with van der Waals surface area (Å²) in [7, 11) is 4.22. The smallest absolute Gasteiger partial charge is 0.109 e. The number of hydrogen-bond donors (Lipinski definition) is 1. The SMILES string of the molecule is CN(C)CCCn1c(CCCN)nc2ccccc21. The van der Waals surface area contributed by atoms with Crippen molar-refractivity contribution in [3.05, 3.63) is 30.1 Å². The Balaban J connectivity index is 2.21. The quantitative estimate of drug-likeness (QED) is 0.827. The molecule has 4 heteroatoms. The van der Waals surface area contributed by atoms with Gasteiger partial charge in [0.15, 0.2) is 0 Å². The molecule has 0 atom stereocenters. The van der Waals surface area contributed by atoms with Gasteiger partial charge in [-0.15, -0.1) is 0 Å². The third-order valence-electron chi connectivity index (χ3n) is 3.33. The summed E-state index contributed by atoms with van der Waals surface area (Å²) in [4.78, 5) is 6.96. The highest BCUT2D eigenvalue weighted by atomic mass is 15.1. The fourth-order valence-electron chi connectivity index (χ4n) is 2.37. The van der Waals surface area contributed by atoms with Crippen molar-refractivity contribution in [2.45, 2.75) is 25.8 Å². The average Bonchev–Trinajstić information content (AvgIpc) is 2.74. The molecule has 0 bridgehead atoms. The van der Waals surface area contributed by atoms with E-state index < -0.39 is 0 Å². The summed E-state index contributed by atoms with van der Waals surface area (Å²) in [6.45, 7) is 2.85. The first-order valence-corrected chi connectivity index (χ1v) is 7.01. The van der Waals surface area contributed by atoms with Gasteiger partial charge in [-0.05, 0) is 52.2 Å². The molecule has 0 unspecified atom stereocenters. The van der Waals surface area contributed by atoms with Crippen LogP contribution in [0.3, 0.4) is 0 Å². The van der Waals surface area contributed by atoms with Crippen LogP contribution in [0.25, 0.3) is 11.0 Å². The van der Waals surface area contributed by atoms with Crippen LogP contribution in [0.1, 0.15) is 18.7 Å². The summed E-state index contributed by atoms with van der Waals surface area (Å²) in [6, 6.07) is 8.37. The van der Waals surface area contributed by atoms with E-state index in [9.17, 15) is 0 Å². The van der Waals surface area contributed by atoms with E-state index in [0.29, 0.717) is 0 Å². The maximum atomic E-state index is 5.62. The molecule has 0 spiro atoms. The van der Waals surface area contributed by atoms with E-state index in [1.165, 1.54) is 11.3 Å². The fraction of sp³-hybridized carbons (Fsp3) is 0.533. The van der Waals surface area contributed by atoms with E-state index in [1.807, 2.05) is 6.07 Å². The molecular weight excluding hydrogens is 236 g/mol. The zero-order valence-electron chi connectivity index (χ0n) is 12.0. The van der Waals surface area contributed by atoms with Crippen LogP contribution in [0.15, 0.2) is 24.3 Å². The number of imidazole rings is 1. The Morgan fingerprint density at radius 2 is 2.00 bits per heavy atom. The molecule has 0 saturated carbocycles. The number of aromatic nitrogens is 2. The van der Waals surface area contributed by atoms with Crippen LogP contribution in [0.2, 0.25) is 0 Å². The largest absolute Gasteiger partial charge is 0.330 e. The first-order valence-electron chi connectivity index (χ1n) is 7.01. The summed E-state index contributed by atoms with van der Waals surface area (Å²) in [5, 5.41) is 0. The maximum absolute atomic E-state index is 5.62. The molecular formula is C15H24N4. The third-order valence-corrected chi connectivity index (χ3v) is 3.33. The van der Waals surface area contributed by atoms with Crippen molar-refractivity contribution >= 4 is 11.0 Å². The van der Waals surface area contributed by atoms with Gasteiger partial charge < -0.3 is 15.2 Å². The number of benzene rings is 1. The van der Waals surface area contributed by atoms with Crippen LogP contribution >= 0.6 is 0 Å². The van der Waals surface area contributed by atoms with Crippen molar-refractivity contribution in [2.75, 3.05) is 27.2 Å². The zero-order chi connectivity index (χ0) is 13.7. The second kappa shape index (κ2) is 6.68. The Hall–Kier alpha value is -1.39. The molecule has 2 aromatic rings. The first-order chi connectivity index (χ1) is 9.22. The zero-order valence-corrected chi connectivity index (χ0v) is 12.0. The first kappa shape index (κ1) is 14.0. The number of nitrogens with two attached hydrogens (primary N) is 1. The highest BCUT2D eigenvalue weighted by molar-refractivity contribution is 5.75. The molecule has 104 valence electrons. The van der Waals surface area contributed by atoms with Crippen LogP contribution in [0, 0.1) is 0 Å². The number of nitrogens with zero attached hydrogens (tertiary/aromatic N) is 3. The molecule has 0 amide bonds. The van der Waals surface area contributed by atoms with Crippen LogP contribution < -0.4 is 5.73 Å². The van der Waals surface area contributed by atoms with E-state index in [4.69, 9.17) is 10.7 Å². The standard InChI is InChI=1S/C15H24N4/c1-18(2)11-6-12-19-14-8-4-3-7-13(14)17-15(19)9-5-10-16/h3-4,7-8H,5-6,9-12,16H2,1-2H3. The molecule has 0 saturated heterocycles. The summed E-state index contributed by atoms with van der Waals surface area (Å²) in [6.07, 6.45) is 3.10. The molecule has 19 heavy (non-hydrogen) atoms. The van der Waals surface area contributed by atoms with E-state index >= 15 is 0 Å². The van der Waals surface area contributed by atoms with Gasteiger partial charge in [0.05, 0.1) is 11.0 Å². The molecule has 2 rings (SSSR count). The summed E-state index contributed by atoms with van der Waals surface area (Å²) in [5.74, 6) is 1.17. The Bertz CT molecular complexity index is 516. The number of hydrogen-bond acceptors (Lipinski definition) is 3. The Kier molecular flexibility index (Phi) is 4.93. The second-order valence-electron chi connectivity index (χ2n) is 5.22. The highest BCUT2D eigenvalue weighted by Crippen LogP contribution is 2.17. The Labute approximate surface area is 115 Å². The van der Waals surface area contributed by atoms with Crippen molar-refractivity contribution in [3.63, 3.8) is 0 Å². The van der Waals surface area contributed by atoms with Crippen LogP contribution in [-0.4, -0.2) is 41.6 Å². The van der Waals surface area contributed by atoms with Crippen LogP contribution in [0.4, 0.5) is 0 Å². The predicted molar refractivity (Wildman–Crippen MR) is 80.3 cm³/mol. The summed E-state index contributed by atoms with van der Waals surface area (Å²) < 4.78 is 2.36. The topological polar surface area (TPSA) is 47.1 Å². The van der Waals surface area contributed by atoms with E-state index in [1.54, 1.807) is 0 Å². The fourth-order valence-corrected chi connectivity index (χ4v) is 2.37. The monoisotopic (exact) mass is 260 g/mol. The lowest BCUT2D eigenvalue weighted by atomic mass is 10.3. The van der Waals surface area contributed by atoms with E-state index in [0.717, 1.165) is 44.4 Å².